The van der Waals surface area contributed by atoms with Gasteiger partial charge in [0.2, 0.25) is 10.0 Å². The van der Waals surface area contributed by atoms with E-state index < -0.39 is 28.3 Å². The van der Waals surface area contributed by atoms with E-state index in [0.717, 1.165) is 17.5 Å². The fraction of sp³-hybridized carbons (Fsp3) is 0.458. The van der Waals surface area contributed by atoms with Gasteiger partial charge in [0.05, 0.1) is 17.9 Å². The Morgan fingerprint density at radius 1 is 1.00 bits per heavy atom. The van der Waals surface area contributed by atoms with Crippen LogP contribution in [0, 0.1) is 5.92 Å². The van der Waals surface area contributed by atoms with Gasteiger partial charge in [-0.1, -0.05) is 74.5 Å². The van der Waals surface area contributed by atoms with Gasteiger partial charge < -0.3 is 10.2 Å². The Bertz CT molecular complexity index is 920. The summed E-state index contributed by atoms with van der Waals surface area (Å²) in [6.45, 7) is 3.91. The number of aliphatic hydroxyl groups excluding tert-OH is 1. The van der Waals surface area contributed by atoms with E-state index in [2.05, 4.69) is 4.72 Å². The van der Waals surface area contributed by atoms with Crippen LogP contribution in [0.2, 0.25) is 0 Å². The number of nitrogens with one attached hydrogen (secondary N) is 1. The summed E-state index contributed by atoms with van der Waals surface area (Å²) >= 11 is 0. The molecule has 0 bridgehead atoms. The van der Waals surface area contributed by atoms with Crippen molar-refractivity contribution in [1.82, 2.24) is 9.62 Å². The summed E-state index contributed by atoms with van der Waals surface area (Å²) in [7, 11) is -3.56. The molecule has 2 atom stereocenters. The lowest BCUT2D eigenvalue weighted by Gasteiger charge is -2.33. The molecule has 2 rings (SSSR count). The average molecular weight is 463 g/mol. The summed E-state index contributed by atoms with van der Waals surface area (Å²) < 4.78 is 27.1. The van der Waals surface area contributed by atoms with Crippen molar-refractivity contribution in [1.29, 1.82) is 0 Å². The maximum absolute atomic E-state index is 12.3. The third-order valence-electron chi connectivity index (χ3n) is 5.28. The summed E-state index contributed by atoms with van der Waals surface area (Å²) in [5.74, 6) is 0.390. The van der Waals surface area contributed by atoms with Crippen LogP contribution in [0.5, 0.6) is 0 Å². The number of hydrogen-bond acceptors (Lipinski definition) is 4. The molecule has 2 aromatic rings. The average Bonchev–Trinajstić information content (AvgIpc) is 2.75. The highest BCUT2D eigenvalue weighted by atomic mass is 32.2. The molecule has 0 aromatic heterocycles. The molecule has 8 heteroatoms. The van der Waals surface area contributed by atoms with Gasteiger partial charge in [-0.25, -0.2) is 17.9 Å². The van der Waals surface area contributed by atoms with E-state index in [4.69, 9.17) is 0 Å². The van der Waals surface area contributed by atoms with Gasteiger partial charge in [0.25, 0.3) is 0 Å². The van der Waals surface area contributed by atoms with Crippen LogP contribution in [0.3, 0.4) is 0 Å². The predicted molar refractivity (Wildman–Crippen MR) is 126 cm³/mol. The first-order chi connectivity index (χ1) is 15.2. The first-order valence-corrected chi connectivity index (χ1v) is 12.6. The number of sulfonamides is 1. The van der Waals surface area contributed by atoms with Crippen molar-refractivity contribution < 1.29 is 23.4 Å². The Morgan fingerprint density at radius 2 is 1.56 bits per heavy atom. The molecule has 0 aliphatic carbocycles. The van der Waals surface area contributed by atoms with Crippen molar-refractivity contribution in [2.75, 3.05) is 12.3 Å². The highest BCUT2D eigenvalue weighted by Crippen LogP contribution is 2.17. The van der Waals surface area contributed by atoms with Gasteiger partial charge in [-0.2, -0.15) is 0 Å². The largest absolute Gasteiger partial charge is 0.465 e. The van der Waals surface area contributed by atoms with Crippen LogP contribution >= 0.6 is 0 Å². The number of nitrogens with zero attached hydrogens (tertiary/aromatic N) is 1. The molecule has 0 saturated heterocycles. The van der Waals surface area contributed by atoms with Gasteiger partial charge in [0.15, 0.2) is 0 Å². The molecule has 1 unspecified atom stereocenters. The van der Waals surface area contributed by atoms with Crippen LogP contribution in [-0.4, -0.2) is 54.1 Å². The predicted octanol–water partition coefficient (Wildman–Crippen LogP) is 3.49. The van der Waals surface area contributed by atoms with Crippen LogP contribution < -0.4 is 4.72 Å². The van der Waals surface area contributed by atoms with Crippen LogP contribution in [0.25, 0.3) is 0 Å². The minimum atomic E-state index is -3.56. The number of amides is 1. The molecular formula is C24H34N2O5S. The van der Waals surface area contributed by atoms with Crippen LogP contribution in [0.15, 0.2) is 60.7 Å². The first-order valence-electron chi connectivity index (χ1n) is 10.9. The van der Waals surface area contributed by atoms with Gasteiger partial charge in [0, 0.05) is 13.1 Å². The molecule has 0 saturated carbocycles. The van der Waals surface area contributed by atoms with Crippen molar-refractivity contribution >= 4 is 16.1 Å². The van der Waals surface area contributed by atoms with E-state index in [-0.39, 0.29) is 25.3 Å². The standard InChI is InChI=1S/C24H34N2O5S/c1-19(2)10-9-15-32(30,31)25-17-23(27)22(16-20-11-5-3-6-12-20)26(24(28)29)18-21-13-7-4-8-14-21/h3-8,11-14,19,22-23,25,27H,9-10,15-18H2,1-2H3,(H,28,29)/t22?,23-/m1/s1. The van der Waals surface area contributed by atoms with Crippen LogP contribution in [-0.2, 0) is 23.0 Å². The maximum Gasteiger partial charge on any atom is 0.407 e. The number of benzene rings is 2. The Morgan fingerprint density at radius 3 is 2.09 bits per heavy atom. The Kier molecular flexibility index (Phi) is 10.2. The third kappa shape index (κ3) is 8.98. The lowest BCUT2D eigenvalue weighted by Crippen LogP contribution is -2.51. The van der Waals surface area contributed by atoms with Crippen LogP contribution in [0.1, 0.15) is 37.8 Å². The minimum Gasteiger partial charge on any atom is -0.465 e. The van der Waals surface area contributed by atoms with Gasteiger partial charge in [-0.3, -0.25) is 4.90 Å². The second kappa shape index (κ2) is 12.6. The summed E-state index contributed by atoms with van der Waals surface area (Å²) in [5, 5.41) is 20.8. The van der Waals surface area contributed by atoms with E-state index in [1.54, 1.807) is 0 Å². The first kappa shape index (κ1) is 25.8. The van der Waals surface area contributed by atoms with Crippen molar-refractivity contribution in [3.63, 3.8) is 0 Å². The SMILES string of the molecule is CC(C)CCCS(=O)(=O)NC[C@@H](O)C(Cc1ccccc1)N(Cc1ccccc1)C(=O)O. The van der Waals surface area contributed by atoms with E-state index >= 15 is 0 Å². The highest BCUT2D eigenvalue weighted by molar-refractivity contribution is 7.89. The Hall–Kier alpha value is -2.42. The van der Waals surface area contributed by atoms with Crippen molar-refractivity contribution in [3.8, 4) is 0 Å². The van der Waals surface area contributed by atoms with Gasteiger partial charge in [0.1, 0.15) is 0 Å². The molecule has 0 aliphatic rings. The van der Waals surface area contributed by atoms with Gasteiger partial charge in [-0.05, 0) is 36.3 Å². The summed E-state index contributed by atoms with van der Waals surface area (Å²) in [6.07, 6.45) is -0.796. The van der Waals surface area contributed by atoms with Crippen LogP contribution in [0.4, 0.5) is 4.79 Å². The minimum absolute atomic E-state index is 0.0199. The lowest BCUT2D eigenvalue weighted by molar-refractivity contribution is 0.0469. The molecule has 2 aromatic carbocycles. The number of aliphatic hydroxyl groups is 1. The molecule has 0 fully saturated rings. The quantitative estimate of drug-likeness (QED) is 0.422. The van der Waals surface area contributed by atoms with E-state index in [1.165, 1.54) is 4.90 Å². The number of hydrogen-bond donors (Lipinski definition) is 3. The molecule has 0 heterocycles. The summed E-state index contributed by atoms with van der Waals surface area (Å²) in [4.78, 5) is 13.3. The molecule has 7 nitrogen and oxygen atoms in total. The van der Waals surface area contributed by atoms with E-state index in [1.807, 2.05) is 74.5 Å². The van der Waals surface area contributed by atoms with Gasteiger partial charge in [-0.15, -0.1) is 0 Å². The monoisotopic (exact) mass is 462 g/mol. The molecule has 3 N–H and O–H groups in total. The van der Waals surface area contributed by atoms with E-state index in [0.29, 0.717) is 12.3 Å². The number of carboxylic acid groups (broad SMARTS) is 1. The molecule has 1 amide bonds. The van der Waals surface area contributed by atoms with Crippen molar-refractivity contribution in [3.05, 3.63) is 71.8 Å². The topological polar surface area (TPSA) is 107 Å². The highest BCUT2D eigenvalue weighted by Gasteiger charge is 2.31. The second-order valence-electron chi connectivity index (χ2n) is 8.42. The van der Waals surface area contributed by atoms with Crippen molar-refractivity contribution in [2.24, 2.45) is 5.92 Å². The smallest absolute Gasteiger partial charge is 0.407 e. The maximum atomic E-state index is 12.3. The second-order valence-corrected chi connectivity index (χ2v) is 10.4. The lowest BCUT2D eigenvalue weighted by atomic mass is 9.99. The zero-order chi connectivity index (χ0) is 23.6. The Labute approximate surface area is 191 Å². The Balaban J connectivity index is 2.16. The third-order valence-corrected chi connectivity index (χ3v) is 6.71. The zero-order valence-corrected chi connectivity index (χ0v) is 19.5. The summed E-state index contributed by atoms with van der Waals surface area (Å²) in [6, 6.07) is 17.6. The normalized spacial score (nSPS) is 13.6. The fourth-order valence-corrected chi connectivity index (χ4v) is 4.63. The molecular weight excluding hydrogens is 428 g/mol. The molecule has 0 aliphatic heterocycles. The number of rotatable bonds is 13. The molecule has 0 spiro atoms. The fourth-order valence-electron chi connectivity index (χ4n) is 3.52. The summed E-state index contributed by atoms with van der Waals surface area (Å²) in [5.41, 5.74) is 1.64. The van der Waals surface area contributed by atoms with E-state index in [9.17, 15) is 23.4 Å². The zero-order valence-electron chi connectivity index (χ0n) is 18.7. The molecule has 176 valence electrons. The molecule has 0 radical (unpaired) electrons. The van der Waals surface area contributed by atoms with Gasteiger partial charge >= 0.3 is 6.09 Å². The van der Waals surface area contributed by atoms with Crippen molar-refractivity contribution in [2.45, 2.75) is 51.8 Å². The number of carbonyl (C=O) groups is 1. The molecule has 32 heavy (non-hydrogen) atoms.